The molecule has 0 fully saturated rings. The van der Waals surface area contributed by atoms with Crippen molar-refractivity contribution in [2.45, 2.75) is 13.3 Å². The number of alkyl halides is 1. The predicted molar refractivity (Wildman–Crippen MR) is 55.3 cm³/mol. The zero-order chi connectivity index (χ0) is 9.84. The monoisotopic (exact) mass is 197 g/mol. The lowest BCUT2D eigenvalue weighted by Crippen LogP contribution is -2.03. The molecule has 2 N–H and O–H groups in total. The number of ketones is 1. The van der Waals surface area contributed by atoms with Crippen LogP contribution in [0.3, 0.4) is 0 Å². The van der Waals surface area contributed by atoms with E-state index in [1.54, 1.807) is 12.1 Å². The van der Waals surface area contributed by atoms with Gasteiger partial charge in [-0.05, 0) is 24.6 Å². The van der Waals surface area contributed by atoms with Crippen molar-refractivity contribution < 1.29 is 4.79 Å². The first-order chi connectivity index (χ1) is 6.15. The van der Waals surface area contributed by atoms with Crippen molar-refractivity contribution in [3.05, 3.63) is 29.3 Å². The van der Waals surface area contributed by atoms with Gasteiger partial charge in [0.25, 0.3) is 0 Å². The molecular formula is C10H12ClNO. The number of carbonyl (C=O) groups is 1. The van der Waals surface area contributed by atoms with Crippen molar-refractivity contribution in [3.63, 3.8) is 0 Å². The summed E-state index contributed by atoms with van der Waals surface area (Å²) >= 11 is 5.49. The first kappa shape index (κ1) is 10.1. The maximum absolute atomic E-state index is 11.5. The second kappa shape index (κ2) is 4.28. The van der Waals surface area contributed by atoms with Gasteiger partial charge in [-0.15, -0.1) is 11.6 Å². The largest absolute Gasteiger partial charge is 0.399 e. The molecule has 0 spiro atoms. The number of nitrogens with two attached hydrogens (primary N) is 1. The molecule has 0 amide bonds. The van der Waals surface area contributed by atoms with Crippen LogP contribution in [-0.4, -0.2) is 11.7 Å². The molecule has 0 aliphatic heterocycles. The molecule has 0 bridgehead atoms. The Bertz CT molecular complexity index is 323. The van der Waals surface area contributed by atoms with Gasteiger partial charge in [0.2, 0.25) is 0 Å². The van der Waals surface area contributed by atoms with E-state index in [1.807, 2.05) is 13.0 Å². The zero-order valence-electron chi connectivity index (χ0n) is 7.51. The highest BCUT2D eigenvalue weighted by Gasteiger charge is 2.07. The topological polar surface area (TPSA) is 43.1 Å². The molecule has 3 heteroatoms. The summed E-state index contributed by atoms with van der Waals surface area (Å²) in [5.74, 6) is 0.410. The molecule has 0 heterocycles. The first-order valence-corrected chi connectivity index (χ1v) is 4.64. The highest BCUT2D eigenvalue weighted by molar-refractivity contribution is 6.19. The number of benzene rings is 1. The fourth-order valence-electron chi connectivity index (χ4n) is 1.16. The van der Waals surface area contributed by atoms with Crippen molar-refractivity contribution in [3.8, 4) is 0 Å². The lowest BCUT2D eigenvalue weighted by Gasteiger charge is -2.04. The Morgan fingerprint density at radius 2 is 2.23 bits per heavy atom. The standard InChI is InChI=1S/C10H12ClNO/c1-7-2-3-8(12)6-9(7)10(13)4-5-11/h2-3,6H,4-5,12H2,1H3. The third-order valence-corrected chi connectivity index (χ3v) is 2.07. The van der Waals surface area contributed by atoms with Gasteiger partial charge in [0.15, 0.2) is 5.78 Å². The SMILES string of the molecule is Cc1ccc(N)cc1C(=O)CCCl. The Hall–Kier alpha value is -1.02. The molecular weight excluding hydrogens is 186 g/mol. The normalized spacial score (nSPS) is 10.0. The number of aryl methyl sites for hydroxylation is 1. The van der Waals surface area contributed by atoms with Crippen molar-refractivity contribution in [1.29, 1.82) is 0 Å². The van der Waals surface area contributed by atoms with Crippen molar-refractivity contribution in [1.82, 2.24) is 0 Å². The van der Waals surface area contributed by atoms with Crippen LogP contribution in [0.15, 0.2) is 18.2 Å². The van der Waals surface area contributed by atoms with Gasteiger partial charge >= 0.3 is 0 Å². The van der Waals surface area contributed by atoms with Gasteiger partial charge in [-0.1, -0.05) is 6.07 Å². The summed E-state index contributed by atoms with van der Waals surface area (Å²) < 4.78 is 0. The second-order valence-corrected chi connectivity index (χ2v) is 3.31. The average Bonchev–Trinajstić information content (AvgIpc) is 2.09. The third kappa shape index (κ3) is 2.46. The van der Waals surface area contributed by atoms with Gasteiger partial charge in [-0.2, -0.15) is 0 Å². The third-order valence-electron chi connectivity index (χ3n) is 1.88. The van der Waals surface area contributed by atoms with Gasteiger partial charge < -0.3 is 5.73 Å². The van der Waals surface area contributed by atoms with E-state index in [0.717, 1.165) is 5.56 Å². The van der Waals surface area contributed by atoms with Crippen molar-refractivity contribution in [2.75, 3.05) is 11.6 Å². The number of rotatable bonds is 3. The molecule has 1 aromatic carbocycles. The summed E-state index contributed by atoms with van der Waals surface area (Å²) in [6, 6.07) is 5.33. The molecule has 0 atom stereocenters. The van der Waals surface area contributed by atoms with Crippen LogP contribution in [0, 0.1) is 6.92 Å². The number of halogens is 1. The fraction of sp³-hybridized carbons (Fsp3) is 0.300. The molecule has 0 radical (unpaired) electrons. The van der Waals surface area contributed by atoms with E-state index >= 15 is 0 Å². The Morgan fingerprint density at radius 3 is 2.85 bits per heavy atom. The number of carbonyl (C=O) groups excluding carboxylic acids is 1. The average molecular weight is 198 g/mol. The van der Waals surface area contributed by atoms with Gasteiger partial charge in [0.1, 0.15) is 0 Å². The second-order valence-electron chi connectivity index (χ2n) is 2.94. The fourth-order valence-corrected chi connectivity index (χ4v) is 1.33. The van der Waals surface area contributed by atoms with Gasteiger partial charge in [-0.3, -0.25) is 4.79 Å². The lowest BCUT2D eigenvalue weighted by atomic mass is 10.0. The summed E-state index contributed by atoms with van der Waals surface area (Å²) in [6.07, 6.45) is 0.367. The van der Waals surface area contributed by atoms with Gasteiger partial charge in [0.05, 0.1) is 0 Å². The highest BCUT2D eigenvalue weighted by atomic mass is 35.5. The summed E-state index contributed by atoms with van der Waals surface area (Å²) in [5.41, 5.74) is 7.82. The van der Waals surface area contributed by atoms with E-state index in [9.17, 15) is 4.79 Å². The van der Waals surface area contributed by atoms with E-state index in [-0.39, 0.29) is 5.78 Å². The van der Waals surface area contributed by atoms with Crippen LogP contribution >= 0.6 is 11.6 Å². The molecule has 0 aromatic heterocycles. The molecule has 0 saturated heterocycles. The smallest absolute Gasteiger partial charge is 0.164 e. The van der Waals surface area contributed by atoms with Crippen molar-refractivity contribution >= 4 is 23.1 Å². The van der Waals surface area contributed by atoms with Crippen LogP contribution < -0.4 is 5.73 Å². The summed E-state index contributed by atoms with van der Waals surface area (Å²) in [5, 5.41) is 0. The van der Waals surface area contributed by atoms with Crippen LogP contribution in [0.5, 0.6) is 0 Å². The Balaban J connectivity index is 2.99. The molecule has 70 valence electrons. The Kier molecular flexibility index (Phi) is 3.32. The first-order valence-electron chi connectivity index (χ1n) is 4.10. The van der Waals surface area contributed by atoms with E-state index in [2.05, 4.69) is 0 Å². The molecule has 0 unspecified atom stereocenters. The number of Topliss-reactive ketones (excluding diaryl/α,β-unsaturated/α-hetero) is 1. The Morgan fingerprint density at radius 1 is 1.54 bits per heavy atom. The summed E-state index contributed by atoms with van der Waals surface area (Å²) in [6.45, 7) is 1.89. The summed E-state index contributed by atoms with van der Waals surface area (Å²) in [7, 11) is 0. The maximum Gasteiger partial charge on any atom is 0.164 e. The quantitative estimate of drug-likeness (QED) is 0.459. The number of hydrogen-bond donors (Lipinski definition) is 1. The van der Waals surface area contributed by atoms with E-state index in [0.29, 0.717) is 23.6 Å². The molecule has 1 rings (SSSR count). The van der Waals surface area contributed by atoms with Crippen molar-refractivity contribution in [2.24, 2.45) is 0 Å². The molecule has 0 saturated carbocycles. The molecule has 0 aliphatic rings. The summed E-state index contributed by atoms with van der Waals surface area (Å²) in [4.78, 5) is 11.5. The maximum atomic E-state index is 11.5. The van der Waals surface area contributed by atoms with E-state index in [4.69, 9.17) is 17.3 Å². The van der Waals surface area contributed by atoms with Gasteiger partial charge in [0, 0.05) is 23.6 Å². The number of hydrogen-bond acceptors (Lipinski definition) is 2. The number of nitrogen functional groups attached to an aromatic ring is 1. The predicted octanol–water partition coefficient (Wildman–Crippen LogP) is 2.39. The van der Waals surface area contributed by atoms with Gasteiger partial charge in [-0.25, -0.2) is 0 Å². The zero-order valence-corrected chi connectivity index (χ0v) is 8.27. The highest BCUT2D eigenvalue weighted by Crippen LogP contribution is 2.14. The van der Waals surface area contributed by atoms with Crippen LogP contribution in [0.25, 0.3) is 0 Å². The number of anilines is 1. The lowest BCUT2D eigenvalue weighted by molar-refractivity contribution is 0.0988. The minimum atomic E-state index is 0.0554. The van der Waals surface area contributed by atoms with Crippen LogP contribution in [0.1, 0.15) is 22.3 Å². The van der Waals surface area contributed by atoms with E-state index in [1.165, 1.54) is 0 Å². The molecule has 0 aliphatic carbocycles. The molecule has 13 heavy (non-hydrogen) atoms. The molecule has 1 aromatic rings. The molecule has 2 nitrogen and oxygen atoms in total. The van der Waals surface area contributed by atoms with Crippen LogP contribution in [0.2, 0.25) is 0 Å². The van der Waals surface area contributed by atoms with Crippen LogP contribution in [0.4, 0.5) is 5.69 Å². The van der Waals surface area contributed by atoms with Crippen LogP contribution in [-0.2, 0) is 0 Å². The minimum absolute atomic E-state index is 0.0554. The minimum Gasteiger partial charge on any atom is -0.399 e. The van der Waals surface area contributed by atoms with E-state index < -0.39 is 0 Å². The Labute approximate surface area is 82.7 Å².